The largest absolute Gasteiger partial charge is 0.491 e. The average molecular weight is 980 g/mol. The van der Waals surface area contributed by atoms with E-state index in [0.717, 1.165) is 145 Å². The van der Waals surface area contributed by atoms with E-state index in [9.17, 15) is 0 Å². The number of allylic oxidation sites excluding steroid dienone is 4. The highest BCUT2D eigenvalue weighted by atomic mass is 16.6. The van der Waals surface area contributed by atoms with Crippen LogP contribution in [0.15, 0.2) is 67.0 Å². The van der Waals surface area contributed by atoms with Crippen LogP contribution in [0.2, 0.25) is 0 Å². The number of fused-ring (bicyclic) bond motifs is 8. The van der Waals surface area contributed by atoms with Crippen molar-refractivity contribution in [3.05, 3.63) is 112 Å². The Kier molecular flexibility index (Phi) is 21.1. The predicted octanol–water partition coefficient (Wildman–Crippen LogP) is 14.4. The Morgan fingerprint density at radius 3 is 1.40 bits per heavy atom. The number of ether oxygens (including phenoxy) is 6. The van der Waals surface area contributed by atoms with Crippen LogP contribution in [-0.4, -0.2) is 91.0 Å². The molecule has 0 aliphatic carbocycles. The molecule has 0 saturated carbocycles. The summed E-state index contributed by atoms with van der Waals surface area (Å²) in [6.45, 7) is 22.8. The van der Waals surface area contributed by atoms with Gasteiger partial charge in [-0.05, 0) is 160 Å². The van der Waals surface area contributed by atoms with Crippen molar-refractivity contribution in [3.63, 3.8) is 0 Å². The Hall–Kier alpha value is -5.59. The summed E-state index contributed by atoms with van der Waals surface area (Å²) in [5.74, 6) is 1.51. The fourth-order valence-electron chi connectivity index (χ4n) is 9.73. The molecule has 11 nitrogen and oxygen atoms in total. The number of nitrogens with one attached hydrogen (secondary N) is 2. The first-order valence-electron chi connectivity index (χ1n) is 27.0. The molecule has 72 heavy (non-hydrogen) atoms. The molecule has 5 aromatic rings. The van der Waals surface area contributed by atoms with E-state index >= 15 is 0 Å². The van der Waals surface area contributed by atoms with Gasteiger partial charge in [0.25, 0.3) is 0 Å². The molecule has 386 valence electrons. The van der Waals surface area contributed by atoms with Crippen molar-refractivity contribution in [2.45, 2.75) is 132 Å². The number of aromatic amines is 2. The minimum atomic E-state index is 0.379. The van der Waals surface area contributed by atoms with Gasteiger partial charge in [0, 0.05) is 39.4 Å². The van der Waals surface area contributed by atoms with Gasteiger partial charge >= 0.3 is 0 Å². The predicted molar refractivity (Wildman–Crippen MR) is 296 cm³/mol. The van der Waals surface area contributed by atoms with E-state index in [-0.39, 0.29) is 0 Å². The molecule has 8 bridgehead atoms. The van der Waals surface area contributed by atoms with Gasteiger partial charge in [-0.25, -0.2) is 9.97 Å². The number of hydrogen-bond acceptors (Lipinski definition) is 9. The number of aromatic nitrogens is 5. The highest BCUT2D eigenvalue weighted by Crippen LogP contribution is 2.46. The fourth-order valence-corrected chi connectivity index (χ4v) is 9.73. The molecule has 4 aromatic heterocycles. The number of unbranched alkanes of at least 4 members (excludes halogenated alkanes) is 4. The number of rotatable bonds is 30. The Balaban J connectivity index is 1.18. The van der Waals surface area contributed by atoms with Crippen LogP contribution < -0.4 is 9.47 Å². The molecule has 0 fully saturated rings. The molecule has 7 rings (SSSR count). The smallest absolute Gasteiger partial charge is 0.137 e. The van der Waals surface area contributed by atoms with Crippen LogP contribution in [-0.2, 0) is 31.8 Å². The van der Waals surface area contributed by atoms with Gasteiger partial charge in [-0.15, -0.1) is 0 Å². The van der Waals surface area contributed by atoms with Crippen molar-refractivity contribution >= 4 is 44.4 Å². The summed E-state index contributed by atoms with van der Waals surface area (Å²) in [6.07, 6.45) is 16.2. The van der Waals surface area contributed by atoms with Crippen LogP contribution in [0.5, 0.6) is 11.5 Å². The summed E-state index contributed by atoms with van der Waals surface area (Å²) < 4.78 is 35.3. The van der Waals surface area contributed by atoms with Gasteiger partial charge < -0.3 is 38.4 Å². The minimum Gasteiger partial charge on any atom is -0.491 e. The summed E-state index contributed by atoms with van der Waals surface area (Å²) >= 11 is 0. The first kappa shape index (κ1) is 54.2. The molecule has 0 radical (unpaired) electrons. The first-order valence-corrected chi connectivity index (χ1v) is 27.0. The Morgan fingerprint density at radius 1 is 0.472 bits per heavy atom. The minimum absolute atomic E-state index is 0.379. The number of benzene rings is 1. The van der Waals surface area contributed by atoms with Crippen molar-refractivity contribution in [2.24, 2.45) is 0 Å². The van der Waals surface area contributed by atoms with Crippen molar-refractivity contribution in [2.75, 3.05) is 66.1 Å². The van der Waals surface area contributed by atoms with Gasteiger partial charge in [-0.1, -0.05) is 71.6 Å². The second kappa shape index (κ2) is 28.0. The lowest BCUT2D eigenvalue weighted by atomic mass is 9.92. The molecule has 2 N–H and O–H groups in total. The normalized spacial score (nSPS) is 12.7. The van der Waals surface area contributed by atoms with Crippen LogP contribution in [0.1, 0.15) is 151 Å². The van der Waals surface area contributed by atoms with Crippen molar-refractivity contribution in [1.82, 2.24) is 24.9 Å². The summed E-state index contributed by atoms with van der Waals surface area (Å²) in [5.41, 5.74) is 21.0. The molecule has 2 aliphatic heterocycles. The molecule has 2 aliphatic rings. The average Bonchev–Trinajstić information content (AvgIpc) is 4.06. The zero-order chi connectivity index (χ0) is 50.7. The Morgan fingerprint density at radius 2 is 0.931 bits per heavy atom. The SMILES string of the molecule is CCCCC1=C(C)c2nc1cc1[nH]c(cc3[nH]c(cc4nc(c2-c2ccccc2OCCOCCOCCOCCOCCOc2cccnc2)C(C)=C4CCCC)c(CCCC)c3C)c(C)c1CCCC. The maximum atomic E-state index is 6.68. The summed E-state index contributed by atoms with van der Waals surface area (Å²) in [5, 5.41) is 0. The summed E-state index contributed by atoms with van der Waals surface area (Å²) in [4.78, 5) is 23.3. The molecule has 0 spiro atoms. The Bertz CT molecular complexity index is 2640. The number of hydrogen-bond donors (Lipinski definition) is 2. The topological polar surface area (TPSA) is 126 Å². The molecular weight excluding hydrogens is 899 g/mol. The first-order chi connectivity index (χ1) is 35.3. The standard InChI is InChI=1S/C61H81N5O6/c1-9-13-21-47-42(5)52-38-53-43(6)48(22-14-10-2)55(64-53)40-57-50(24-16-12-4)45(8)61(66-57)59(60-44(7)49(23-15-11-3)56(65-60)39-54(47)63-52)51-25-17-18-26-58(51)72-37-35-70-33-31-68-29-28-67-30-32-69-34-36-71-46-20-19-27-62-41-46/h17-20,25-27,38-41,63-64H,9-16,21-24,28-37H2,1-8H3. The molecule has 0 unspecified atom stereocenters. The maximum Gasteiger partial charge on any atom is 0.137 e. The van der Waals surface area contributed by atoms with Gasteiger partial charge in [-0.2, -0.15) is 0 Å². The van der Waals surface area contributed by atoms with Crippen LogP contribution in [0.25, 0.3) is 55.5 Å². The van der Waals surface area contributed by atoms with Gasteiger partial charge in [0.2, 0.25) is 0 Å². The van der Waals surface area contributed by atoms with E-state index in [4.69, 9.17) is 38.4 Å². The summed E-state index contributed by atoms with van der Waals surface area (Å²) in [7, 11) is 0. The lowest BCUT2D eigenvalue weighted by Crippen LogP contribution is -2.14. The fraction of sp³-hybridized carbons (Fsp3) is 0.492. The van der Waals surface area contributed by atoms with Crippen molar-refractivity contribution in [1.29, 1.82) is 0 Å². The number of H-pyrrole nitrogens is 2. The number of aryl methyl sites for hydroxylation is 4. The van der Waals surface area contributed by atoms with E-state index < -0.39 is 0 Å². The highest BCUT2D eigenvalue weighted by molar-refractivity contribution is 6.03. The lowest BCUT2D eigenvalue weighted by Gasteiger charge is -2.15. The third-order valence-electron chi connectivity index (χ3n) is 13.9. The maximum absolute atomic E-state index is 6.68. The third-order valence-corrected chi connectivity index (χ3v) is 13.9. The third kappa shape index (κ3) is 13.9. The highest BCUT2D eigenvalue weighted by Gasteiger charge is 2.28. The van der Waals surface area contributed by atoms with Crippen molar-refractivity contribution < 1.29 is 28.4 Å². The zero-order valence-electron chi connectivity index (χ0n) is 44.7. The van der Waals surface area contributed by atoms with Crippen molar-refractivity contribution in [3.8, 4) is 22.6 Å². The second-order valence-electron chi connectivity index (χ2n) is 19.1. The van der Waals surface area contributed by atoms with Crippen LogP contribution in [0, 0.1) is 13.8 Å². The molecule has 0 amide bonds. The van der Waals surface area contributed by atoms with Gasteiger partial charge in [0.1, 0.15) is 24.7 Å². The molecule has 0 saturated heterocycles. The van der Waals surface area contributed by atoms with Gasteiger partial charge in [0.15, 0.2) is 0 Å². The Labute approximate surface area is 429 Å². The molecule has 0 atom stereocenters. The summed E-state index contributed by atoms with van der Waals surface area (Å²) in [6, 6.07) is 19.2. The van der Waals surface area contributed by atoms with E-state index in [0.29, 0.717) is 66.1 Å². The quantitative estimate of drug-likeness (QED) is 0.0433. The molecule has 11 heteroatoms. The molecule has 6 heterocycles. The number of para-hydroxylation sites is 1. The zero-order valence-corrected chi connectivity index (χ0v) is 44.7. The van der Waals surface area contributed by atoms with Gasteiger partial charge in [0.05, 0.1) is 81.8 Å². The second-order valence-corrected chi connectivity index (χ2v) is 19.1. The van der Waals surface area contributed by atoms with Crippen LogP contribution in [0.3, 0.4) is 0 Å². The van der Waals surface area contributed by atoms with Crippen LogP contribution >= 0.6 is 0 Å². The molecule has 1 aromatic carbocycles. The lowest BCUT2D eigenvalue weighted by molar-refractivity contribution is -0.00698. The molecular formula is C61H81N5O6. The van der Waals surface area contributed by atoms with Gasteiger partial charge in [-0.3, -0.25) is 4.98 Å². The van der Waals surface area contributed by atoms with Crippen LogP contribution in [0.4, 0.5) is 0 Å². The van der Waals surface area contributed by atoms with E-state index in [1.807, 2.05) is 18.2 Å². The van der Waals surface area contributed by atoms with E-state index in [2.05, 4.69) is 107 Å². The number of pyridine rings is 1. The number of nitrogens with zero attached hydrogens (tertiary/aromatic N) is 3. The van der Waals surface area contributed by atoms with E-state index in [1.54, 1.807) is 12.4 Å². The van der Waals surface area contributed by atoms with E-state index in [1.165, 1.54) is 44.5 Å². The monoisotopic (exact) mass is 980 g/mol.